The molecule has 1 rings (SSSR count). The average molecular weight is 312 g/mol. The van der Waals surface area contributed by atoms with Gasteiger partial charge in [-0.3, -0.25) is 9.52 Å². The van der Waals surface area contributed by atoms with Crippen LogP contribution in [0, 0.1) is 11.8 Å². The van der Waals surface area contributed by atoms with Gasteiger partial charge in [0.2, 0.25) is 10.0 Å². The molecule has 0 radical (unpaired) electrons. The number of methoxy groups -OCH3 is 1. The van der Waals surface area contributed by atoms with Crippen molar-refractivity contribution in [3.05, 3.63) is 23.9 Å². The number of pyridine rings is 1. The molecule has 0 aliphatic carbocycles. The minimum Gasteiger partial charge on any atom is -0.468 e. The number of aromatic nitrogens is 1. The molecule has 1 atom stereocenters. The van der Waals surface area contributed by atoms with Crippen molar-refractivity contribution < 1.29 is 23.1 Å². The Kier molecular flexibility index (Phi) is 6.14. The summed E-state index contributed by atoms with van der Waals surface area (Å²) in [5.74, 6) is 4.56. The molecule has 0 amide bonds. The summed E-state index contributed by atoms with van der Waals surface area (Å²) in [4.78, 5) is 15.3. The van der Waals surface area contributed by atoms with Crippen molar-refractivity contribution in [1.29, 1.82) is 0 Å². The first kappa shape index (κ1) is 16.9. The number of aliphatic hydroxyl groups is 1. The van der Waals surface area contributed by atoms with Crippen LogP contribution in [0.1, 0.15) is 19.0 Å². The van der Waals surface area contributed by atoms with Crippen molar-refractivity contribution in [2.45, 2.75) is 18.6 Å². The van der Waals surface area contributed by atoms with Crippen molar-refractivity contribution >= 4 is 21.8 Å². The molecule has 2 N–H and O–H groups in total. The largest absolute Gasteiger partial charge is 0.468 e. The maximum absolute atomic E-state index is 12.0. The van der Waals surface area contributed by atoms with Gasteiger partial charge in [-0.05, 0) is 25.0 Å². The van der Waals surface area contributed by atoms with Gasteiger partial charge < -0.3 is 9.84 Å². The molecule has 0 fully saturated rings. The predicted molar refractivity (Wildman–Crippen MR) is 76.8 cm³/mol. The molecule has 0 spiro atoms. The van der Waals surface area contributed by atoms with Gasteiger partial charge in [0.1, 0.15) is 11.5 Å². The van der Waals surface area contributed by atoms with Crippen LogP contribution in [0.15, 0.2) is 18.2 Å². The third-order valence-electron chi connectivity index (χ3n) is 2.45. The number of esters is 1. The van der Waals surface area contributed by atoms with E-state index in [0.29, 0.717) is 12.1 Å². The average Bonchev–Trinajstić information content (AvgIpc) is 2.46. The summed E-state index contributed by atoms with van der Waals surface area (Å²) in [6.45, 7) is 1.16. The summed E-state index contributed by atoms with van der Waals surface area (Å²) in [5, 5.41) is 7.28. The van der Waals surface area contributed by atoms with Gasteiger partial charge in [-0.2, -0.15) is 0 Å². The fourth-order valence-electron chi connectivity index (χ4n) is 1.30. The van der Waals surface area contributed by atoms with Gasteiger partial charge in [0.25, 0.3) is 0 Å². The molecule has 0 saturated heterocycles. The van der Waals surface area contributed by atoms with Crippen molar-refractivity contribution in [2.24, 2.45) is 0 Å². The number of carbonyl (C=O) groups excluding carboxylic acids is 1. The molecule has 7 nitrogen and oxygen atoms in total. The lowest BCUT2D eigenvalue weighted by molar-refractivity contribution is -0.139. The predicted octanol–water partition coefficient (Wildman–Crippen LogP) is 0.119. The summed E-state index contributed by atoms with van der Waals surface area (Å²) in [6, 6.07) is 4.63. The number of carbonyl (C=O) groups is 1. The highest BCUT2D eigenvalue weighted by molar-refractivity contribution is 7.94. The van der Waals surface area contributed by atoms with Crippen LogP contribution in [0.5, 0.6) is 0 Å². The topological polar surface area (TPSA) is 106 Å². The maximum Gasteiger partial charge on any atom is 0.325 e. The number of ether oxygens (including phenoxy) is 1. The lowest BCUT2D eigenvalue weighted by Crippen LogP contribution is -2.33. The fourth-order valence-corrected chi connectivity index (χ4v) is 2.23. The number of nitrogens with one attached hydrogen (secondary N) is 1. The van der Waals surface area contributed by atoms with Crippen molar-refractivity contribution in [3.8, 4) is 11.8 Å². The number of rotatable bonds is 5. The first-order valence-corrected chi connectivity index (χ1v) is 7.61. The molecule has 8 heteroatoms. The molecule has 0 aliphatic rings. The van der Waals surface area contributed by atoms with E-state index < -0.39 is 21.2 Å². The summed E-state index contributed by atoms with van der Waals surface area (Å²) >= 11 is 0. The lowest BCUT2D eigenvalue weighted by Gasteiger charge is -2.12. The van der Waals surface area contributed by atoms with Gasteiger partial charge in [0.05, 0.1) is 13.7 Å². The van der Waals surface area contributed by atoms with Crippen LogP contribution in [0.25, 0.3) is 0 Å². The van der Waals surface area contributed by atoms with Crippen LogP contribution in [-0.4, -0.2) is 43.4 Å². The van der Waals surface area contributed by atoms with Crippen LogP contribution in [0.4, 0.5) is 5.82 Å². The summed E-state index contributed by atoms with van der Waals surface area (Å²) < 4.78 is 30.5. The zero-order valence-electron chi connectivity index (χ0n) is 11.7. The van der Waals surface area contributed by atoms with Crippen molar-refractivity contribution in [2.75, 3.05) is 18.4 Å². The summed E-state index contributed by atoms with van der Waals surface area (Å²) in [5.41, 5.74) is 0.356. The van der Waals surface area contributed by atoms with E-state index in [1.54, 1.807) is 12.1 Å². The van der Waals surface area contributed by atoms with E-state index in [4.69, 9.17) is 5.11 Å². The molecule has 1 aromatic heterocycles. The number of aliphatic hydroxyl groups excluding tert-OH is 1. The molecule has 21 heavy (non-hydrogen) atoms. The van der Waals surface area contributed by atoms with Crippen LogP contribution >= 0.6 is 0 Å². The van der Waals surface area contributed by atoms with E-state index in [0.717, 1.165) is 7.11 Å². The van der Waals surface area contributed by atoms with Crippen molar-refractivity contribution in [3.63, 3.8) is 0 Å². The Hall–Kier alpha value is -2.11. The number of anilines is 1. The Morgan fingerprint density at radius 3 is 2.86 bits per heavy atom. The highest BCUT2D eigenvalue weighted by Gasteiger charge is 2.29. The molecular weight excluding hydrogens is 296 g/mol. The fraction of sp³-hybridized carbons (Fsp3) is 0.385. The highest BCUT2D eigenvalue weighted by atomic mass is 32.2. The van der Waals surface area contributed by atoms with Crippen LogP contribution in [-0.2, 0) is 19.6 Å². The maximum atomic E-state index is 12.0. The first-order valence-electron chi connectivity index (χ1n) is 6.07. The molecule has 0 aliphatic heterocycles. The smallest absolute Gasteiger partial charge is 0.325 e. The SMILES string of the molecule is COC(=O)C(C)S(=O)(=O)Nc1cccc(C#CCCO)n1. The summed E-state index contributed by atoms with van der Waals surface area (Å²) in [6.07, 6.45) is 0.303. The van der Waals surface area contributed by atoms with Crippen LogP contribution in [0.2, 0.25) is 0 Å². The Labute approximate surface area is 123 Å². The minimum atomic E-state index is -3.94. The monoisotopic (exact) mass is 312 g/mol. The minimum absolute atomic E-state index is 0.0570. The van der Waals surface area contributed by atoms with Gasteiger partial charge >= 0.3 is 5.97 Å². The van der Waals surface area contributed by atoms with E-state index >= 15 is 0 Å². The van der Waals surface area contributed by atoms with E-state index in [1.165, 1.54) is 13.0 Å². The van der Waals surface area contributed by atoms with Gasteiger partial charge in [0.15, 0.2) is 5.25 Å². The Balaban J connectivity index is 2.91. The van der Waals surface area contributed by atoms with E-state index in [2.05, 4.69) is 26.3 Å². The molecule has 0 aromatic carbocycles. The number of sulfonamides is 1. The van der Waals surface area contributed by atoms with Crippen LogP contribution in [0.3, 0.4) is 0 Å². The molecule has 0 bridgehead atoms. The molecule has 1 heterocycles. The summed E-state index contributed by atoms with van der Waals surface area (Å²) in [7, 11) is -2.83. The molecule has 0 saturated carbocycles. The zero-order chi connectivity index (χ0) is 15.9. The van der Waals surface area contributed by atoms with Crippen molar-refractivity contribution in [1.82, 2.24) is 4.98 Å². The van der Waals surface area contributed by atoms with E-state index in [-0.39, 0.29) is 12.4 Å². The quantitative estimate of drug-likeness (QED) is 0.591. The molecule has 114 valence electrons. The highest BCUT2D eigenvalue weighted by Crippen LogP contribution is 2.11. The Morgan fingerprint density at radius 1 is 1.52 bits per heavy atom. The molecule has 1 unspecified atom stereocenters. The Morgan fingerprint density at radius 2 is 2.24 bits per heavy atom. The second kappa shape index (κ2) is 7.61. The van der Waals surface area contributed by atoms with Gasteiger partial charge in [0, 0.05) is 6.42 Å². The second-order valence-corrected chi connectivity index (χ2v) is 6.00. The van der Waals surface area contributed by atoms with Crippen LogP contribution < -0.4 is 4.72 Å². The number of nitrogens with zero attached hydrogens (tertiary/aromatic N) is 1. The second-order valence-electron chi connectivity index (χ2n) is 4.00. The standard InChI is InChI=1S/C13H16N2O5S/c1-10(13(17)20-2)21(18,19)15-12-8-5-7-11(14-12)6-3-4-9-16/h5,7-8,10,16H,4,9H2,1-2H3,(H,14,15). The van der Waals surface area contributed by atoms with E-state index in [1.807, 2.05) is 0 Å². The zero-order valence-corrected chi connectivity index (χ0v) is 12.5. The number of hydrogen-bond donors (Lipinski definition) is 2. The van der Waals surface area contributed by atoms with Gasteiger partial charge in [-0.25, -0.2) is 13.4 Å². The van der Waals surface area contributed by atoms with Gasteiger partial charge in [-0.15, -0.1) is 0 Å². The lowest BCUT2D eigenvalue weighted by atomic mass is 10.3. The first-order chi connectivity index (χ1) is 9.90. The van der Waals surface area contributed by atoms with E-state index in [9.17, 15) is 13.2 Å². The van der Waals surface area contributed by atoms with Gasteiger partial charge in [-0.1, -0.05) is 12.0 Å². The number of hydrogen-bond acceptors (Lipinski definition) is 6. The normalized spacial score (nSPS) is 12.0. The third-order valence-corrected chi connectivity index (χ3v) is 4.06. The Bertz CT molecular complexity index is 661. The molecular formula is C13H16N2O5S. The third kappa shape index (κ3) is 5.06. The molecule has 1 aromatic rings.